The Kier molecular flexibility index (Phi) is 1.69. The highest BCUT2D eigenvalue weighted by Crippen LogP contribution is 2.29. The van der Waals surface area contributed by atoms with Crippen LogP contribution in [0.15, 0.2) is 0 Å². The van der Waals surface area contributed by atoms with Crippen molar-refractivity contribution in [2.24, 2.45) is 5.92 Å². The third-order valence-electron chi connectivity index (χ3n) is 2.54. The van der Waals surface area contributed by atoms with Gasteiger partial charge in [0.05, 0.1) is 12.0 Å². The van der Waals surface area contributed by atoms with Crippen LogP contribution in [0.5, 0.6) is 0 Å². The molecule has 1 aliphatic carbocycles. The Morgan fingerprint density at radius 2 is 2.45 bits per heavy atom. The summed E-state index contributed by atoms with van der Waals surface area (Å²) in [6, 6.07) is 0. The average molecular weight is 155 g/mol. The quantitative estimate of drug-likeness (QED) is 0.513. The molecule has 0 radical (unpaired) electrons. The minimum Gasteiger partial charge on any atom is -0.299 e. The van der Waals surface area contributed by atoms with Crippen LogP contribution in [-0.2, 0) is 9.63 Å². The molecule has 2 rings (SSSR count). The predicted molar refractivity (Wildman–Crippen MR) is 39.9 cm³/mol. The third kappa shape index (κ3) is 1.19. The second-order valence-corrected chi connectivity index (χ2v) is 3.42. The molecule has 0 bridgehead atoms. The van der Waals surface area contributed by atoms with Crippen molar-refractivity contribution in [3.8, 4) is 0 Å². The van der Waals surface area contributed by atoms with E-state index < -0.39 is 0 Å². The van der Waals surface area contributed by atoms with E-state index >= 15 is 0 Å². The molecule has 3 nitrogen and oxygen atoms in total. The first-order chi connectivity index (χ1) is 5.27. The molecule has 0 aromatic heterocycles. The third-order valence-corrected chi connectivity index (χ3v) is 2.54. The lowest BCUT2D eigenvalue weighted by atomic mass is 9.86. The van der Waals surface area contributed by atoms with E-state index in [1.165, 1.54) is 0 Å². The van der Waals surface area contributed by atoms with E-state index in [2.05, 4.69) is 0 Å². The van der Waals surface area contributed by atoms with E-state index in [0.717, 1.165) is 25.8 Å². The predicted octanol–water partition coefficient (Wildman–Crippen LogP) is 0.601. The monoisotopic (exact) mass is 155 g/mol. The van der Waals surface area contributed by atoms with Gasteiger partial charge in [-0.15, -0.1) is 0 Å². The average Bonchev–Trinajstić information content (AvgIpc) is 2.31. The Morgan fingerprint density at radius 1 is 1.64 bits per heavy atom. The van der Waals surface area contributed by atoms with Crippen molar-refractivity contribution in [2.45, 2.75) is 25.4 Å². The number of fused-ring (bicyclic) bond motifs is 1. The molecule has 0 spiro atoms. The van der Waals surface area contributed by atoms with E-state index in [0.29, 0.717) is 5.78 Å². The summed E-state index contributed by atoms with van der Waals surface area (Å²) in [4.78, 5) is 16.8. The first-order valence-electron chi connectivity index (χ1n) is 4.18. The molecule has 2 aliphatic rings. The molecule has 0 N–H and O–H groups in total. The van der Waals surface area contributed by atoms with E-state index in [9.17, 15) is 4.79 Å². The molecule has 1 saturated carbocycles. The number of carbonyl (C=O) groups is 1. The molecule has 0 aromatic rings. The molecule has 2 unspecified atom stereocenters. The van der Waals surface area contributed by atoms with Crippen molar-refractivity contribution in [2.75, 3.05) is 13.6 Å². The lowest BCUT2D eigenvalue weighted by molar-refractivity contribution is -0.141. The van der Waals surface area contributed by atoms with E-state index in [4.69, 9.17) is 4.84 Å². The van der Waals surface area contributed by atoms with Gasteiger partial charge < -0.3 is 0 Å². The molecule has 1 heterocycles. The van der Waals surface area contributed by atoms with Crippen LogP contribution in [0.25, 0.3) is 0 Å². The van der Waals surface area contributed by atoms with Gasteiger partial charge in [0.1, 0.15) is 5.78 Å². The summed E-state index contributed by atoms with van der Waals surface area (Å²) < 4.78 is 0. The smallest absolute Gasteiger partial charge is 0.140 e. The number of ketones is 1. The van der Waals surface area contributed by atoms with Crippen molar-refractivity contribution < 1.29 is 9.63 Å². The zero-order valence-corrected chi connectivity index (χ0v) is 6.75. The maximum atomic E-state index is 11.3. The van der Waals surface area contributed by atoms with Crippen LogP contribution in [-0.4, -0.2) is 30.5 Å². The molecule has 1 saturated heterocycles. The number of nitrogens with zero attached hydrogens (tertiary/aromatic N) is 1. The summed E-state index contributed by atoms with van der Waals surface area (Å²) in [5.41, 5.74) is 0. The maximum absolute atomic E-state index is 11.3. The molecular weight excluding hydrogens is 142 g/mol. The van der Waals surface area contributed by atoms with E-state index in [1.807, 2.05) is 7.05 Å². The Hall–Kier alpha value is -0.410. The second-order valence-electron chi connectivity index (χ2n) is 3.42. The standard InChI is InChI=1S/C8H13NO2/c1-9-5-6-7(10)3-2-4-8(6)11-9/h6,8H,2-5H2,1H3. The van der Waals surface area contributed by atoms with Crippen LogP contribution in [0.1, 0.15) is 19.3 Å². The van der Waals surface area contributed by atoms with Crippen LogP contribution in [0.4, 0.5) is 0 Å². The summed E-state index contributed by atoms with van der Waals surface area (Å²) >= 11 is 0. The van der Waals surface area contributed by atoms with Gasteiger partial charge in [-0.1, -0.05) is 0 Å². The molecule has 1 aliphatic heterocycles. The van der Waals surface area contributed by atoms with Crippen molar-refractivity contribution in [3.63, 3.8) is 0 Å². The van der Waals surface area contributed by atoms with Crippen LogP contribution in [0.2, 0.25) is 0 Å². The Balaban J connectivity index is 2.09. The molecule has 11 heavy (non-hydrogen) atoms. The molecule has 0 amide bonds. The van der Waals surface area contributed by atoms with Crippen LogP contribution in [0.3, 0.4) is 0 Å². The van der Waals surface area contributed by atoms with Crippen LogP contribution in [0, 0.1) is 5.92 Å². The van der Waals surface area contributed by atoms with Crippen LogP contribution < -0.4 is 0 Å². The fourth-order valence-electron chi connectivity index (χ4n) is 1.97. The van der Waals surface area contributed by atoms with Gasteiger partial charge in [0.15, 0.2) is 0 Å². The lowest BCUT2D eigenvalue weighted by Gasteiger charge is -2.20. The zero-order chi connectivity index (χ0) is 7.84. The summed E-state index contributed by atoms with van der Waals surface area (Å²) in [5.74, 6) is 0.569. The summed E-state index contributed by atoms with van der Waals surface area (Å²) in [5, 5.41) is 1.79. The SMILES string of the molecule is CN1CC2C(=O)CCCC2O1. The van der Waals surface area contributed by atoms with Crippen molar-refractivity contribution in [1.82, 2.24) is 5.06 Å². The Morgan fingerprint density at radius 3 is 3.18 bits per heavy atom. The van der Waals surface area contributed by atoms with Gasteiger partial charge in [0.2, 0.25) is 0 Å². The normalized spacial score (nSPS) is 39.2. The number of hydrogen-bond acceptors (Lipinski definition) is 3. The van der Waals surface area contributed by atoms with Gasteiger partial charge in [-0.3, -0.25) is 9.63 Å². The highest BCUT2D eigenvalue weighted by atomic mass is 16.7. The number of Topliss-reactive ketones (excluding diaryl/α,β-unsaturated/α-hetero) is 1. The largest absolute Gasteiger partial charge is 0.299 e. The summed E-state index contributed by atoms with van der Waals surface area (Å²) in [6.45, 7) is 0.795. The molecule has 62 valence electrons. The van der Waals surface area contributed by atoms with Gasteiger partial charge in [0, 0.05) is 20.0 Å². The molecule has 2 fully saturated rings. The zero-order valence-electron chi connectivity index (χ0n) is 6.75. The van der Waals surface area contributed by atoms with Crippen molar-refractivity contribution in [1.29, 1.82) is 0 Å². The molecule has 3 heteroatoms. The van der Waals surface area contributed by atoms with Gasteiger partial charge >= 0.3 is 0 Å². The van der Waals surface area contributed by atoms with Gasteiger partial charge in [-0.2, -0.15) is 5.06 Å². The minimum absolute atomic E-state index is 0.175. The number of hydroxylamine groups is 2. The number of rotatable bonds is 0. The fourth-order valence-corrected chi connectivity index (χ4v) is 1.97. The molecule has 2 atom stereocenters. The minimum atomic E-state index is 0.175. The Labute approximate surface area is 66.3 Å². The fraction of sp³-hybridized carbons (Fsp3) is 0.875. The molecular formula is C8H13NO2. The van der Waals surface area contributed by atoms with Crippen LogP contribution >= 0.6 is 0 Å². The van der Waals surface area contributed by atoms with E-state index in [1.54, 1.807) is 5.06 Å². The Bertz CT molecular complexity index is 181. The molecule has 0 aromatic carbocycles. The van der Waals surface area contributed by atoms with Gasteiger partial charge in [-0.05, 0) is 12.8 Å². The van der Waals surface area contributed by atoms with Gasteiger partial charge in [0.25, 0.3) is 0 Å². The number of hydrogen-bond donors (Lipinski definition) is 0. The maximum Gasteiger partial charge on any atom is 0.140 e. The van der Waals surface area contributed by atoms with Gasteiger partial charge in [-0.25, -0.2) is 0 Å². The highest BCUT2D eigenvalue weighted by molar-refractivity contribution is 5.82. The summed E-state index contributed by atoms with van der Waals surface area (Å²) in [6.07, 6.45) is 3.02. The van der Waals surface area contributed by atoms with E-state index in [-0.39, 0.29) is 12.0 Å². The number of carbonyl (C=O) groups excluding carboxylic acids is 1. The summed E-state index contributed by atoms with van der Waals surface area (Å²) in [7, 11) is 1.89. The first-order valence-corrected chi connectivity index (χ1v) is 4.18. The second kappa shape index (κ2) is 2.57. The van der Waals surface area contributed by atoms with Crippen molar-refractivity contribution in [3.05, 3.63) is 0 Å². The van der Waals surface area contributed by atoms with Crippen molar-refractivity contribution >= 4 is 5.78 Å². The highest BCUT2D eigenvalue weighted by Gasteiger charge is 2.39. The lowest BCUT2D eigenvalue weighted by Crippen LogP contribution is -2.30. The first kappa shape index (κ1) is 7.25. The topological polar surface area (TPSA) is 29.5 Å².